The fourth-order valence-corrected chi connectivity index (χ4v) is 3.40. The van der Waals surface area contributed by atoms with Crippen LogP contribution in [0.2, 0.25) is 0 Å². The van der Waals surface area contributed by atoms with Gasteiger partial charge in [-0.25, -0.2) is 5.84 Å². The molecule has 0 aliphatic carbocycles. The van der Waals surface area contributed by atoms with Crippen LogP contribution in [-0.4, -0.2) is 57.2 Å². The summed E-state index contributed by atoms with van der Waals surface area (Å²) in [5, 5.41) is 1.49. The van der Waals surface area contributed by atoms with Gasteiger partial charge in [-0.3, -0.25) is 9.91 Å². The highest BCUT2D eigenvalue weighted by atomic mass is 16.5. The number of methoxy groups -OCH3 is 2. The molecule has 2 aromatic carbocycles. The molecular formula is C22H31N5O2. The van der Waals surface area contributed by atoms with Gasteiger partial charge in [0.15, 0.2) is 11.5 Å². The maximum Gasteiger partial charge on any atom is 0.162 e. The summed E-state index contributed by atoms with van der Waals surface area (Å²) in [6, 6.07) is 13.8. The van der Waals surface area contributed by atoms with Crippen LogP contribution < -0.4 is 26.1 Å². The van der Waals surface area contributed by atoms with E-state index in [1.807, 2.05) is 30.3 Å². The zero-order valence-corrected chi connectivity index (χ0v) is 17.5. The lowest BCUT2D eigenvalue weighted by molar-refractivity contribution is 0.148. The quantitative estimate of drug-likeness (QED) is 0.547. The summed E-state index contributed by atoms with van der Waals surface area (Å²) in [5.74, 6) is 7.48. The number of nitrogens with zero attached hydrogens (tertiary/aromatic N) is 3. The molecule has 0 amide bonds. The molecule has 1 fully saturated rings. The van der Waals surface area contributed by atoms with E-state index in [1.54, 1.807) is 20.4 Å². The van der Waals surface area contributed by atoms with Gasteiger partial charge in [-0.1, -0.05) is 18.2 Å². The Bertz CT molecular complexity index is 847. The zero-order chi connectivity index (χ0) is 20.8. The molecular weight excluding hydrogens is 366 g/mol. The van der Waals surface area contributed by atoms with E-state index in [9.17, 15) is 0 Å². The van der Waals surface area contributed by atoms with Crippen LogP contribution in [0.4, 0.5) is 5.69 Å². The Balaban J connectivity index is 1.72. The Labute approximate surface area is 173 Å². The van der Waals surface area contributed by atoms with Crippen LogP contribution >= 0.6 is 0 Å². The molecule has 0 saturated carbocycles. The monoisotopic (exact) mass is 397 g/mol. The summed E-state index contributed by atoms with van der Waals surface area (Å²) in [7, 11) is 5.36. The fourth-order valence-electron chi connectivity index (χ4n) is 3.40. The molecule has 1 aliphatic heterocycles. The van der Waals surface area contributed by atoms with Gasteiger partial charge in [0.1, 0.15) is 0 Å². The summed E-state index contributed by atoms with van der Waals surface area (Å²) < 4.78 is 10.6. The van der Waals surface area contributed by atoms with Gasteiger partial charge in [0.25, 0.3) is 0 Å². The zero-order valence-electron chi connectivity index (χ0n) is 17.5. The van der Waals surface area contributed by atoms with Crippen molar-refractivity contribution in [1.82, 2.24) is 9.80 Å². The molecule has 1 saturated heterocycles. The lowest BCUT2D eigenvalue weighted by atomic mass is 10.1. The number of hydrazine groups is 1. The number of ether oxygens (including phenoxy) is 2. The van der Waals surface area contributed by atoms with Crippen molar-refractivity contribution in [3.8, 4) is 11.5 Å². The van der Waals surface area contributed by atoms with E-state index in [0.717, 1.165) is 44.0 Å². The molecule has 0 unspecified atom stereocenters. The molecule has 0 radical (unpaired) electrons. The summed E-state index contributed by atoms with van der Waals surface area (Å²) in [5.41, 5.74) is 9.89. The predicted molar refractivity (Wildman–Crippen MR) is 118 cm³/mol. The van der Waals surface area contributed by atoms with Gasteiger partial charge in [0.05, 0.1) is 25.6 Å². The molecule has 7 nitrogen and oxygen atoms in total. The molecule has 2 aromatic rings. The van der Waals surface area contributed by atoms with E-state index in [2.05, 4.69) is 29.0 Å². The number of rotatable bonds is 7. The maximum atomic E-state index is 6.34. The molecule has 1 heterocycles. The van der Waals surface area contributed by atoms with E-state index >= 15 is 0 Å². The average molecular weight is 398 g/mol. The van der Waals surface area contributed by atoms with Crippen LogP contribution in [0.1, 0.15) is 11.1 Å². The third-order valence-electron chi connectivity index (χ3n) is 5.21. The van der Waals surface area contributed by atoms with Crippen molar-refractivity contribution in [3.05, 3.63) is 59.8 Å². The van der Waals surface area contributed by atoms with Crippen molar-refractivity contribution >= 4 is 11.4 Å². The predicted octanol–water partition coefficient (Wildman–Crippen LogP) is 2.09. The van der Waals surface area contributed by atoms with E-state index in [-0.39, 0.29) is 0 Å². The molecule has 3 rings (SSSR count). The van der Waals surface area contributed by atoms with Gasteiger partial charge in [0.2, 0.25) is 0 Å². The Hall–Kier alpha value is -2.74. The normalized spacial score (nSPS) is 15.9. The van der Waals surface area contributed by atoms with Crippen molar-refractivity contribution in [1.29, 1.82) is 0 Å². The molecule has 0 aromatic heterocycles. The third kappa shape index (κ3) is 5.41. The average Bonchev–Trinajstić information content (AvgIpc) is 2.75. The molecule has 7 heteroatoms. The minimum atomic E-state index is 0.600. The highest BCUT2D eigenvalue weighted by Crippen LogP contribution is 2.31. The first kappa shape index (κ1) is 21.0. The minimum absolute atomic E-state index is 0.600. The van der Waals surface area contributed by atoms with Crippen molar-refractivity contribution in [2.75, 3.05) is 52.5 Å². The lowest BCUT2D eigenvalue weighted by Crippen LogP contribution is -2.43. The molecule has 156 valence electrons. The van der Waals surface area contributed by atoms with Crippen LogP contribution in [0.5, 0.6) is 11.5 Å². The van der Waals surface area contributed by atoms with Gasteiger partial charge in [-0.05, 0) is 36.4 Å². The summed E-state index contributed by atoms with van der Waals surface area (Å²) in [6.45, 7) is 5.31. The Morgan fingerprint density at radius 3 is 2.45 bits per heavy atom. The molecule has 0 spiro atoms. The number of hydrogen-bond acceptors (Lipinski definition) is 7. The van der Waals surface area contributed by atoms with Crippen LogP contribution in [0.15, 0.2) is 48.7 Å². The van der Waals surface area contributed by atoms with E-state index in [0.29, 0.717) is 17.2 Å². The second-order valence-corrected chi connectivity index (χ2v) is 7.31. The van der Waals surface area contributed by atoms with Gasteiger partial charge in [-0.2, -0.15) is 0 Å². The number of nitrogens with two attached hydrogens (primary N) is 2. The van der Waals surface area contributed by atoms with E-state index in [1.165, 1.54) is 10.6 Å². The number of likely N-dealkylation sites (N-methyl/N-ethyl adjacent to an activating group) is 1. The fraction of sp³-hybridized carbons (Fsp3) is 0.364. The van der Waals surface area contributed by atoms with Gasteiger partial charge in [0, 0.05) is 45.0 Å². The standard InChI is InChI=1S/C22H31N5O2/c1-25-9-11-26(12-10-25)15-17-5-4-6-18(13-17)20(23)16-27(24)19-7-8-21(28-2)22(14-19)29-3/h4-8,13-14,16H,9-12,15,23-24H2,1-3H3/b20-16-. The molecule has 4 N–H and O–H groups in total. The summed E-state index contributed by atoms with van der Waals surface area (Å²) in [4.78, 5) is 4.83. The number of piperazine rings is 1. The summed E-state index contributed by atoms with van der Waals surface area (Å²) in [6.07, 6.45) is 1.72. The Morgan fingerprint density at radius 1 is 1.03 bits per heavy atom. The van der Waals surface area contributed by atoms with Gasteiger partial charge in [-0.15, -0.1) is 0 Å². The second-order valence-electron chi connectivity index (χ2n) is 7.31. The van der Waals surface area contributed by atoms with E-state index in [4.69, 9.17) is 21.1 Å². The number of anilines is 1. The van der Waals surface area contributed by atoms with Crippen LogP contribution in [0.3, 0.4) is 0 Å². The van der Waals surface area contributed by atoms with Crippen molar-refractivity contribution < 1.29 is 9.47 Å². The molecule has 1 aliphatic rings. The maximum absolute atomic E-state index is 6.34. The van der Waals surface area contributed by atoms with Crippen molar-refractivity contribution in [2.24, 2.45) is 11.6 Å². The van der Waals surface area contributed by atoms with Crippen LogP contribution in [0, 0.1) is 0 Å². The molecule has 0 atom stereocenters. The largest absolute Gasteiger partial charge is 0.493 e. The lowest BCUT2D eigenvalue weighted by Gasteiger charge is -2.32. The van der Waals surface area contributed by atoms with Crippen molar-refractivity contribution in [2.45, 2.75) is 6.54 Å². The van der Waals surface area contributed by atoms with Gasteiger partial charge < -0.3 is 20.1 Å². The van der Waals surface area contributed by atoms with Crippen LogP contribution in [0.25, 0.3) is 5.70 Å². The molecule has 29 heavy (non-hydrogen) atoms. The Morgan fingerprint density at radius 2 is 1.76 bits per heavy atom. The SMILES string of the molecule is COc1ccc(N(N)/C=C(\N)c2cccc(CN3CCN(C)CC3)c2)cc1OC. The topological polar surface area (TPSA) is 80.2 Å². The smallest absolute Gasteiger partial charge is 0.162 e. The minimum Gasteiger partial charge on any atom is -0.493 e. The highest BCUT2D eigenvalue weighted by molar-refractivity contribution is 5.67. The highest BCUT2D eigenvalue weighted by Gasteiger charge is 2.14. The first-order chi connectivity index (χ1) is 14.0. The van der Waals surface area contributed by atoms with Crippen molar-refractivity contribution in [3.63, 3.8) is 0 Å². The first-order valence-corrected chi connectivity index (χ1v) is 9.73. The van der Waals surface area contributed by atoms with Gasteiger partial charge >= 0.3 is 0 Å². The second kappa shape index (κ2) is 9.65. The molecule has 0 bridgehead atoms. The number of benzene rings is 2. The first-order valence-electron chi connectivity index (χ1n) is 9.73. The van der Waals surface area contributed by atoms with Crippen LogP contribution in [-0.2, 0) is 6.54 Å². The summed E-state index contributed by atoms with van der Waals surface area (Å²) >= 11 is 0. The van der Waals surface area contributed by atoms with E-state index < -0.39 is 0 Å². The third-order valence-corrected chi connectivity index (χ3v) is 5.21. The Kier molecular flexibility index (Phi) is 6.98. The number of hydrogen-bond donors (Lipinski definition) is 2.